The fourth-order valence-corrected chi connectivity index (χ4v) is 3.57. The van der Waals surface area contributed by atoms with Crippen LogP contribution in [0.4, 0.5) is 0 Å². The Morgan fingerprint density at radius 3 is 2.04 bits per heavy atom. The van der Waals surface area contributed by atoms with Gasteiger partial charge < -0.3 is 14.8 Å². The molecule has 2 aliphatic rings. The largest absolute Gasteiger partial charge is 0.348 e. The van der Waals surface area contributed by atoms with Crippen molar-refractivity contribution in [1.82, 2.24) is 5.32 Å². The van der Waals surface area contributed by atoms with Gasteiger partial charge in [-0.3, -0.25) is 0 Å². The molecule has 0 bridgehead atoms. The Hall–Kier alpha value is -1.68. The highest BCUT2D eigenvalue weighted by atomic mass is 16.7. The van der Waals surface area contributed by atoms with E-state index in [9.17, 15) is 0 Å². The third kappa shape index (κ3) is 3.18. The van der Waals surface area contributed by atoms with Gasteiger partial charge in [0.1, 0.15) is 0 Å². The molecular formula is C20H23NO2. The van der Waals surface area contributed by atoms with Crippen molar-refractivity contribution in [3.8, 4) is 0 Å². The summed E-state index contributed by atoms with van der Waals surface area (Å²) < 4.78 is 12.3. The summed E-state index contributed by atoms with van der Waals surface area (Å²) in [6.07, 6.45) is 2.06. The number of nitrogens with one attached hydrogen (secondary N) is 1. The van der Waals surface area contributed by atoms with E-state index < -0.39 is 5.79 Å². The van der Waals surface area contributed by atoms with Gasteiger partial charge in [0, 0.05) is 12.3 Å². The normalized spacial score (nSPS) is 31.1. The van der Waals surface area contributed by atoms with Gasteiger partial charge in [-0.2, -0.15) is 0 Å². The van der Waals surface area contributed by atoms with E-state index in [1.54, 1.807) is 0 Å². The number of benzene rings is 2. The van der Waals surface area contributed by atoms with Gasteiger partial charge in [-0.1, -0.05) is 60.7 Å². The second kappa shape index (κ2) is 6.44. The second-order valence-electron chi connectivity index (χ2n) is 6.52. The van der Waals surface area contributed by atoms with Crippen molar-refractivity contribution in [2.75, 3.05) is 19.8 Å². The number of ether oxygens (including phenoxy) is 2. The first-order chi connectivity index (χ1) is 11.3. The van der Waals surface area contributed by atoms with E-state index in [4.69, 9.17) is 9.47 Å². The van der Waals surface area contributed by atoms with Crippen molar-refractivity contribution in [2.24, 2.45) is 0 Å². The van der Waals surface area contributed by atoms with Gasteiger partial charge >= 0.3 is 0 Å². The van der Waals surface area contributed by atoms with Gasteiger partial charge in [0.05, 0.1) is 25.8 Å². The molecule has 0 amide bonds. The van der Waals surface area contributed by atoms with E-state index >= 15 is 0 Å². The van der Waals surface area contributed by atoms with Crippen LogP contribution in [0.5, 0.6) is 0 Å². The second-order valence-corrected chi connectivity index (χ2v) is 6.52. The van der Waals surface area contributed by atoms with E-state index in [-0.39, 0.29) is 6.04 Å². The minimum atomic E-state index is -0.434. The molecule has 3 nitrogen and oxygen atoms in total. The predicted octanol–water partition coefficient (Wildman–Crippen LogP) is 3.64. The van der Waals surface area contributed by atoms with Crippen LogP contribution in [0.15, 0.2) is 60.7 Å². The first-order valence-electron chi connectivity index (χ1n) is 8.46. The van der Waals surface area contributed by atoms with Gasteiger partial charge in [0.2, 0.25) is 0 Å². The SMILES string of the molecule is c1ccc([C@H]2CCC3(CN[C@@H](c4ccccc4)CO3)OC2)cc1. The van der Waals surface area contributed by atoms with Gasteiger partial charge in [0.15, 0.2) is 5.79 Å². The van der Waals surface area contributed by atoms with Gasteiger partial charge in [-0.25, -0.2) is 0 Å². The van der Waals surface area contributed by atoms with E-state index in [2.05, 4.69) is 59.9 Å². The molecule has 3 heteroatoms. The Bertz CT molecular complexity index is 552. The molecule has 0 aliphatic carbocycles. The lowest BCUT2D eigenvalue weighted by Crippen LogP contribution is -2.54. The fraction of sp³-hybridized carbons (Fsp3) is 0.400. The maximum Gasteiger partial charge on any atom is 0.180 e. The highest BCUT2D eigenvalue weighted by molar-refractivity contribution is 5.21. The average molecular weight is 309 g/mol. The molecule has 2 heterocycles. The summed E-state index contributed by atoms with van der Waals surface area (Å²) in [7, 11) is 0. The van der Waals surface area contributed by atoms with Gasteiger partial charge in [-0.05, 0) is 17.5 Å². The number of hydrogen-bond donors (Lipinski definition) is 1. The average Bonchev–Trinajstić information content (AvgIpc) is 2.65. The van der Waals surface area contributed by atoms with Crippen LogP contribution in [-0.2, 0) is 9.47 Å². The molecular weight excluding hydrogens is 286 g/mol. The molecule has 2 fully saturated rings. The summed E-state index contributed by atoms with van der Waals surface area (Å²) in [6, 6.07) is 21.4. The van der Waals surface area contributed by atoms with E-state index in [1.807, 2.05) is 6.07 Å². The molecule has 2 aliphatic heterocycles. The highest BCUT2D eigenvalue weighted by Crippen LogP contribution is 2.37. The summed E-state index contributed by atoms with van der Waals surface area (Å²) >= 11 is 0. The maximum absolute atomic E-state index is 6.17. The zero-order valence-corrected chi connectivity index (χ0v) is 13.3. The Morgan fingerprint density at radius 1 is 0.826 bits per heavy atom. The molecule has 23 heavy (non-hydrogen) atoms. The predicted molar refractivity (Wildman–Crippen MR) is 90.2 cm³/mol. The highest BCUT2D eigenvalue weighted by Gasteiger charge is 2.41. The lowest BCUT2D eigenvalue weighted by molar-refractivity contribution is -0.273. The van der Waals surface area contributed by atoms with Crippen LogP contribution < -0.4 is 5.32 Å². The van der Waals surface area contributed by atoms with Crippen molar-refractivity contribution in [2.45, 2.75) is 30.6 Å². The lowest BCUT2D eigenvalue weighted by atomic mass is 9.89. The van der Waals surface area contributed by atoms with Crippen LogP contribution in [0.1, 0.15) is 35.9 Å². The summed E-state index contributed by atoms with van der Waals surface area (Å²) in [4.78, 5) is 0. The molecule has 120 valence electrons. The number of morpholine rings is 1. The molecule has 2 saturated heterocycles. The Balaban J connectivity index is 1.36. The number of rotatable bonds is 2. The molecule has 3 atom stereocenters. The third-order valence-corrected chi connectivity index (χ3v) is 5.03. The molecule has 2 aromatic rings. The van der Waals surface area contributed by atoms with Crippen LogP contribution in [0.3, 0.4) is 0 Å². The minimum Gasteiger partial charge on any atom is -0.348 e. The zero-order chi connectivity index (χ0) is 15.5. The summed E-state index contributed by atoms with van der Waals surface area (Å²) in [5, 5.41) is 3.60. The lowest BCUT2D eigenvalue weighted by Gasteiger charge is -2.44. The third-order valence-electron chi connectivity index (χ3n) is 5.03. The van der Waals surface area contributed by atoms with E-state index in [0.29, 0.717) is 12.5 Å². The van der Waals surface area contributed by atoms with Crippen LogP contribution >= 0.6 is 0 Å². The Morgan fingerprint density at radius 2 is 1.48 bits per heavy atom. The van der Waals surface area contributed by atoms with Crippen molar-refractivity contribution in [1.29, 1.82) is 0 Å². The van der Waals surface area contributed by atoms with E-state index in [1.165, 1.54) is 11.1 Å². The molecule has 1 N–H and O–H groups in total. The molecule has 1 spiro atoms. The Labute approximate surface area is 137 Å². The summed E-state index contributed by atoms with van der Waals surface area (Å²) in [6.45, 7) is 2.16. The number of hydrogen-bond acceptors (Lipinski definition) is 3. The first-order valence-corrected chi connectivity index (χ1v) is 8.46. The smallest absolute Gasteiger partial charge is 0.180 e. The fourth-order valence-electron chi connectivity index (χ4n) is 3.57. The molecule has 0 aromatic heterocycles. The molecule has 4 rings (SSSR count). The topological polar surface area (TPSA) is 30.5 Å². The van der Waals surface area contributed by atoms with E-state index in [0.717, 1.165) is 26.0 Å². The molecule has 1 unspecified atom stereocenters. The standard InChI is InChI=1S/C20H23NO2/c1-3-7-16(8-4-1)18-11-12-20(22-13-18)15-21-19(14-23-20)17-9-5-2-6-10-17/h1-10,18-19,21H,11-15H2/t18-,19+,20?/m0/s1. The summed E-state index contributed by atoms with van der Waals surface area (Å²) in [5.74, 6) is 0.0496. The molecule has 0 saturated carbocycles. The van der Waals surface area contributed by atoms with Gasteiger partial charge in [0.25, 0.3) is 0 Å². The Kier molecular flexibility index (Phi) is 4.17. The minimum absolute atomic E-state index is 0.261. The van der Waals surface area contributed by atoms with Gasteiger partial charge in [-0.15, -0.1) is 0 Å². The van der Waals surface area contributed by atoms with Crippen molar-refractivity contribution in [3.63, 3.8) is 0 Å². The molecule has 0 radical (unpaired) electrons. The summed E-state index contributed by atoms with van der Waals surface area (Å²) in [5.41, 5.74) is 2.65. The quantitative estimate of drug-likeness (QED) is 0.919. The molecule has 2 aromatic carbocycles. The van der Waals surface area contributed by atoms with Crippen LogP contribution in [0, 0.1) is 0 Å². The van der Waals surface area contributed by atoms with Crippen molar-refractivity contribution < 1.29 is 9.47 Å². The maximum atomic E-state index is 6.17. The first kappa shape index (κ1) is 14.9. The van der Waals surface area contributed by atoms with Crippen molar-refractivity contribution >= 4 is 0 Å². The van der Waals surface area contributed by atoms with Crippen LogP contribution in [0.2, 0.25) is 0 Å². The van der Waals surface area contributed by atoms with Crippen molar-refractivity contribution in [3.05, 3.63) is 71.8 Å². The zero-order valence-electron chi connectivity index (χ0n) is 13.3. The van der Waals surface area contributed by atoms with Crippen LogP contribution in [0.25, 0.3) is 0 Å². The monoisotopic (exact) mass is 309 g/mol. The van der Waals surface area contributed by atoms with Crippen LogP contribution in [-0.4, -0.2) is 25.5 Å².